The zero-order valence-corrected chi connectivity index (χ0v) is 15.3. The minimum Gasteiger partial charge on any atom is -0.394 e. The van der Waals surface area contributed by atoms with Crippen molar-refractivity contribution in [2.24, 2.45) is 0 Å². The van der Waals surface area contributed by atoms with Crippen molar-refractivity contribution in [1.29, 1.82) is 0 Å². The molecule has 0 bridgehead atoms. The summed E-state index contributed by atoms with van der Waals surface area (Å²) < 4.78 is 15.5. The fourth-order valence-corrected chi connectivity index (χ4v) is 3.07. The van der Waals surface area contributed by atoms with Crippen LogP contribution >= 0.6 is 12.2 Å². The molecule has 0 aromatic carbocycles. The number of rotatable bonds is 5. The van der Waals surface area contributed by atoms with Crippen LogP contribution in [0.5, 0.6) is 0 Å². The highest BCUT2D eigenvalue weighted by Gasteiger charge is 2.45. The lowest BCUT2D eigenvalue weighted by molar-refractivity contribution is -0.288. The van der Waals surface area contributed by atoms with Crippen LogP contribution in [0.4, 0.5) is 0 Å². The van der Waals surface area contributed by atoms with E-state index in [-0.39, 0.29) is 11.7 Å². The van der Waals surface area contributed by atoms with E-state index in [2.05, 4.69) is 10.6 Å². The summed E-state index contributed by atoms with van der Waals surface area (Å²) in [7, 11) is 1.27. The SMILES string of the molecule is CO[C@H]1O[C@H](CNC(=S)N[C@@H]2O[C@H](CO)[C@@H](O)[C@H](O)[C@H]2O)[C@@H](O)[C@H](O)[C@H]1O. The molecule has 0 aromatic heterocycles. The van der Waals surface area contributed by atoms with E-state index in [0.29, 0.717) is 0 Å². The smallest absolute Gasteiger partial charge is 0.186 e. The van der Waals surface area contributed by atoms with Gasteiger partial charge >= 0.3 is 0 Å². The van der Waals surface area contributed by atoms with Crippen LogP contribution in [0.15, 0.2) is 0 Å². The first kappa shape index (κ1) is 22.6. The van der Waals surface area contributed by atoms with E-state index in [1.807, 2.05) is 0 Å². The standard InChI is InChI=1S/C14H26N2O10S/c1-24-13-11(23)9(21)6(18)4(26-13)2-15-14(27)16-12-10(22)8(20)7(19)5(3-17)25-12/h4-13,17-23H,2-3H2,1H3,(H2,15,16,27)/t4-,5-,6-,7-,8+,9+,10-,11-,12-,13+/m1/s1. The molecule has 2 aliphatic rings. The van der Waals surface area contributed by atoms with E-state index in [1.54, 1.807) is 0 Å². The molecule has 0 saturated carbocycles. The van der Waals surface area contributed by atoms with Crippen molar-refractivity contribution in [3.63, 3.8) is 0 Å². The number of ether oxygens (including phenoxy) is 3. The number of methoxy groups -OCH3 is 1. The first-order valence-corrected chi connectivity index (χ1v) is 8.69. The molecule has 0 unspecified atom stereocenters. The molecule has 0 aliphatic carbocycles. The lowest BCUT2D eigenvalue weighted by atomic mass is 9.98. The minimum atomic E-state index is -1.56. The van der Waals surface area contributed by atoms with Gasteiger partial charge in [0.1, 0.15) is 48.8 Å². The summed E-state index contributed by atoms with van der Waals surface area (Å²) in [4.78, 5) is 0. The van der Waals surface area contributed by atoms with Gasteiger partial charge < -0.3 is 60.6 Å². The second-order valence-electron chi connectivity index (χ2n) is 6.35. The average molecular weight is 414 g/mol. The number of aliphatic hydroxyl groups is 7. The molecule has 10 atom stereocenters. The quantitative estimate of drug-likeness (QED) is 0.194. The normalized spacial score (nSPS) is 45.3. The third-order valence-electron chi connectivity index (χ3n) is 4.53. The van der Waals surface area contributed by atoms with Gasteiger partial charge in [0, 0.05) is 13.7 Å². The molecule has 158 valence electrons. The molecule has 12 nitrogen and oxygen atoms in total. The zero-order valence-electron chi connectivity index (χ0n) is 14.5. The van der Waals surface area contributed by atoms with Crippen molar-refractivity contribution in [2.75, 3.05) is 20.3 Å². The maximum absolute atomic E-state index is 9.98. The van der Waals surface area contributed by atoms with Crippen molar-refractivity contribution in [2.45, 2.75) is 61.3 Å². The second kappa shape index (κ2) is 9.67. The molecule has 2 rings (SSSR count). The minimum absolute atomic E-state index is 0.0512. The summed E-state index contributed by atoms with van der Waals surface area (Å²) in [5.41, 5.74) is 0. The topological polar surface area (TPSA) is 193 Å². The lowest BCUT2D eigenvalue weighted by Crippen LogP contribution is -2.64. The Morgan fingerprint density at radius 1 is 0.889 bits per heavy atom. The fraction of sp³-hybridized carbons (Fsp3) is 0.929. The summed E-state index contributed by atoms with van der Waals surface area (Å²) in [6, 6.07) is 0. The molecule has 13 heteroatoms. The Labute approximate surface area is 160 Å². The zero-order chi connectivity index (χ0) is 20.3. The van der Waals surface area contributed by atoms with Gasteiger partial charge in [-0.05, 0) is 12.2 Å². The first-order chi connectivity index (χ1) is 12.7. The highest BCUT2D eigenvalue weighted by molar-refractivity contribution is 7.80. The molecule has 2 aliphatic heterocycles. The molecule has 0 amide bonds. The lowest BCUT2D eigenvalue weighted by Gasteiger charge is -2.41. The van der Waals surface area contributed by atoms with Crippen molar-refractivity contribution >= 4 is 17.3 Å². The number of thiocarbonyl (C=S) groups is 1. The summed E-state index contributed by atoms with van der Waals surface area (Å²) in [5, 5.41) is 73.3. The van der Waals surface area contributed by atoms with Gasteiger partial charge in [-0.1, -0.05) is 0 Å². The fourth-order valence-electron chi connectivity index (χ4n) is 2.87. The molecule has 9 N–H and O–H groups in total. The first-order valence-electron chi connectivity index (χ1n) is 8.28. The largest absolute Gasteiger partial charge is 0.394 e. The van der Waals surface area contributed by atoms with Crippen LogP contribution in [0.3, 0.4) is 0 Å². The van der Waals surface area contributed by atoms with Gasteiger partial charge in [-0.25, -0.2) is 0 Å². The third kappa shape index (κ3) is 5.02. The summed E-state index contributed by atoms with van der Waals surface area (Å²) in [6.45, 7) is -0.669. The number of hydrogen-bond acceptors (Lipinski definition) is 11. The summed E-state index contributed by atoms with van der Waals surface area (Å²) >= 11 is 5.05. The monoisotopic (exact) mass is 414 g/mol. The van der Waals surface area contributed by atoms with Gasteiger partial charge in [-0.2, -0.15) is 0 Å². The van der Waals surface area contributed by atoms with E-state index in [0.717, 1.165) is 0 Å². The van der Waals surface area contributed by atoms with Crippen LogP contribution in [-0.4, -0.2) is 122 Å². The molecular formula is C14H26N2O10S. The van der Waals surface area contributed by atoms with Crippen LogP contribution in [0, 0.1) is 0 Å². The molecular weight excluding hydrogens is 388 g/mol. The van der Waals surface area contributed by atoms with E-state index < -0.39 is 68.0 Å². The van der Waals surface area contributed by atoms with Gasteiger partial charge in [0.25, 0.3) is 0 Å². The molecule has 2 heterocycles. The van der Waals surface area contributed by atoms with Crippen molar-refractivity contribution in [3.05, 3.63) is 0 Å². The summed E-state index contributed by atoms with van der Waals surface area (Å²) in [6.07, 6.45) is -13.3. The average Bonchev–Trinajstić information content (AvgIpc) is 2.66. The van der Waals surface area contributed by atoms with Crippen molar-refractivity contribution < 1.29 is 50.0 Å². The maximum atomic E-state index is 9.98. The summed E-state index contributed by atoms with van der Waals surface area (Å²) in [5.74, 6) is 0. The number of hydrogen-bond donors (Lipinski definition) is 9. The molecule has 2 saturated heterocycles. The Morgan fingerprint density at radius 2 is 1.48 bits per heavy atom. The van der Waals surface area contributed by atoms with Gasteiger partial charge in [-0.3, -0.25) is 0 Å². The van der Waals surface area contributed by atoms with Gasteiger partial charge in [-0.15, -0.1) is 0 Å². The highest BCUT2D eigenvalue weighted by atomic mass is 32.1. The van der Waals surface area contributed by atoms with Crippen LogP contribution in [0.2, 0.25) is 0 Å². The van der Waals surface area contributed by atoms with E-state index >= 15 is 0 Å². The number of aliphatic hydroxyl groups excluding tert-OH is 7. The van der Waals surface area contributed by atoms with E-state index in [4.69, 9.17) is 31.5 Å². The Morgan fingerprint density at radius 3 is 2.07 bits per heavy atom. The van der Waals surface area contributed by atoms with Gasteiger partial charge in [0.05, 0.1) is 6.61 Å². The Bertz CT molecular complexity index is 499. The Kier molecular flexibility index (Phi) is 8.08. The molecule has 0 spiro atoms. The third-order valence-corrected chi connectivity index (χ3v) is 4.79. The van der Waals surface area contributed by atoms with Crippen LogP contribution in [-0.2, 0) is 14.2 Å². The van der Waals surface area contributed by atoms with Crippen LogP contribution in [0.25, 0.3) is 0 Å². The number of nitrogens with one attached hydrogen (secondary N) is 2. The molecule has 27 heavy (non-hydrogen) atoms. The molecule has 0 radical (unpaired) electrons. The predicted octanol–water partition coefficient (Wildman–Crippen LogP) is -5.30. The molecule has 2 fully saturated rings. The van der Waals surface area contributed by atoms with Gasteiger partial charge in [0.15, 0.2) is 17.6 Å². The van der Waals surface area contributed by atoms with E-state index in [9.17, 15) is 30.6 Å². The maximum Gasteiger partial charge on any atom is 0.186 e. The van der Waals surface area contributed by atoms with Gasteiger partial charge in [0.2, 0.25) is 0 Å². The Balaban J connectivity index is 1.88. The Hall–Kier alpha value is -0.710. The van der Waals surface area contributed by atoms with Crippen molar-refractivity contribution in [1.82, 2.24) is 10.6 Å². The second-order valence-corrected chi connectivity index (χ2v) is 6.76. The highest BCUT2D eigenvalue weighted by Crippen LogP contribution is 2.22. The molecule has 0 aromatic rings. The van der Waals surface area contributed by atoms with Crippen LogP contribution in [0.1, 0.15) is 0 Å². The van der Waals surface area contributed by atoms with Crippen LogP contribution < -0.4 is 10.6 Å². The predicted molar refractivity (Wildman–Crippen MR) is 91.2 cm³/mol. The van der Waals surface area contributed by atoms with Crippen molar-refractivity contribution in [3.8, 4) is 0 Å². The van der Waals surface area contributed by atoms with E-state index in [1.165, 1.54) is 7.11 Å².